The van der Waals surface area contributed by atoms with Crippen LogP contribution in [0.15, 0.2) is 48.5 Å². The van der Waals surface area contributed by atoms with Crippen molar-refractivity contribution in [2.24, 2.45) is 0 Å². The monoisotopic (exact) mass is 396 g/mol. The summed E-state index contributed by atoms with van der Waals surface area (Å²) in [6.45, 7) is 2.00. The summed E-state index contributed by atoms with van der Waals surface area (Å²) in [6.07, 6.45) is 0. The van der Waals surface area contributed by atoms with Crippen molar-refractivity contribution in [3.63, 3.8) is 0 Å². The second-order valence-electron chi connectivity index (χ2n) is 4.28. The van der Waals surface area contributed by atoms with Gasteiger partial charge in [0.05, 0.1) is 0 Å². The van der Waals surface area contributed by atoms with Crippen molar-refractivity contribution in [1.82, 2.24) is 5.32 Å². The summed E-state index contributed by atoms with van der Waals surface area (Å²) in [4.78, 5) is 12.0. The smallest absolute Gasteiger partial charge is 0.257 e. The number of rotatable bonds is 2. The van der Waals surface area contributed by atoms with Crippen molar-refractivity contribution < 1.29 is 4.79 Å². The number of thiocarbonyl (C=S) groups is 1. The molecule has 0 heterocycles. The molecular formula is C15H13IN2OS. The van der Waals surface area contributed by atoms with Crippen molar-refractivity contribution in [1.29, 1.82) is 0 Å². The number of aryl methyl sites for hydroxylation is 1. The van der Waals surface area contributed by atoms with Crippen LogP contribution in [0.1, 0.15) is 15.9 Å². The Morgan fingerprint density at radius 3 is 2.50 bits per heavy atom. The summed E-state index contributed by atoms with van der Waals surface area (Å²) in [7, 11) is 0. The number of nitrogens with one attached hydrogen (secondary N) is 2. The zero-order valence-electron chi connectivity index (χ0n) is 10.8. The van der Waals surface area contributed by atoms with Crippen LogP contribution in [0.4, 0.5) is 5.69 Å². The van der Waals surface area contributed by atoms with E-state index in [0.29, 0.717) is 10.7 Å². The van der Waals surface area contributed by atoms with E-state index in [-0.39, 0.29) is 5.91 Å². The van der Waals surface area contributed by atoms with Gasteiger partial charge in [-0.3, -0.25) is 10.1 Å². The van der Waals surface area contributed by atoms with Crippen LogP contribution < -0.4 is 10.6 Å². The predicted molar refractivity (Wildman–Crippen MR) is 94.0 cm³/mol. The van der Waals surface area contributed by atoms with E-state index in [1.54, 1.807) is 12.1 Å². The highest BCUT2D eigenvalue weighted by Crippen LogP contribution is 2.10. The molecule has 1 amide bonds. The van der Waals surface area contributed by atoms with Gasteiger partial charge in [-0.25, -0.2) is 0 Å². The van der Waals surface area contributed by atoms with Gasteiger partial charge in [-0.05, 0) is 83.7 Å². The molecule has 0 saturated heterocycles. The third-order valence-corrected chi connectivity index (χ3v) is 3.53. The first kappa shape index (κ1) is 14.9. The van der Waals surface area contributed by atoms with Crippen molar-refractivity contribution >= 4 is 51.5 Å². The fourth-order valence-electron chi connectivity index (χ4n) is 1.66. The van der Waals surface area contributed by atoms with E-state index in [9.17, 15) is 4.79 Å². The van der Waals surface area contributed by atoms with E-state index in [2.05, 4.69) is 33.2 Å². The maximum absolute atomic E-state index is 12.0. The Bertz CT molecular complexity index is 641. The van der Waals surface area contributed by atoms with Crippen LogP contribution in [0.25, 0.3) is 0 Å². The molecule has 2 aromatic carbocycles. The highest BCUT2D eigenvalue weighted by Gasteiger charge is 2.07. The molecule has 102 valence electrons. The van der Waals surface area contributed by atoms with Gasteiger partial charge in [0.2, 0.25) is 0 Å². The van der Waals surface area contributed by atoms with Gasteiger partial charge in [-0.1, -0.05) is 12.1 Å². The van der Waals surface area contributed by atoms with E-state index < -0.39 is 0 Å². The first-order valence-electron chi connectivity index (χ1n) is 5.99. The van der Waals surface area contributed by atoms with Crippen LogP contribution in [-0.2, 0) is 0 Å². The van der Waals surface area contributed by atoms with Crippen molar-refractivity contribution in [3.8, 4) is 0 Å². The maximum Gasteiger partial charge on any atom is 0.257 e. The lowest BCUT2D eigenvalue weighted by atomic mass is 10.2. The average molecular weight is 396 g/mol. The summed E-state index contributed by atoms with van der Waals surface area (Å²) >= 11 is 7.33. The molecule has 0 saturated carbocycles. The molecule has 2 N–H and O–H groups in total. The lowest BCUT2D eigenvalue weighted by Gasteiger charge is -2.10. The van der Waals surface area contributed by atoms with Gasteiger partial charge in [0.15, 0.2) is 5.11 Å². The summed E-state index contributed by atoms with van der Waals surface area (Å²) in [5.41, 5.74) is 2.57. The highest BCUT2D eigenvalue weighted by molar-refractivity contribution is 14.1. The summed E-state index contributed by atoms with van der Waals surface area (Å²) in [6, 6.07) is 15.1. The Labute approximate surface area is 136 Å². The van der Waals surface area contributed by atoms with Gasteiger partial charge in [0.25, 0.3) is 5.91 Å². The van der Waals surface area contributed by atoms with Crippen LogP contribution in [0.3, 0.4) is 0 Å². The number of amides is 1. The minimum atomic E-state index is -0.216. The van der Waals surface area contributed by atoms with Gasteiger partial charge < -0.3 is 5.32 Å². The molecule has 0 bridgehead atoms. The Kier molecular flexibility index (Phi) is 5.08. The normalized spacial score (nSPS) is 9.90. The largest absolute Gasteiger partial charge is 0.332 e. The minimum Gasteiger partial charge on any atom is -0.332 e. The zero-order chi connectivity index (χ0) is 14.5. The quantitative estimate of drug-likeness (QED) is 0.601. The van der Waals surface area contributed by atoms with Gasteiger partial charge >= 0.3 is 0 Å². The molecule has 0 aliphatic rings. The maximum atomic E-state index is 12.0. The number of hydrogen-bond acceptors (Lipinski definition) is 2. The average Bonchev–Trinajstić information content (AvgIpc) is 2.39. The Hall–Kier alpha value is -1.47. The molecule has 0 atom stereocenters. The van der Waals surface area contributed by atoms with Crippen molar-refractivity contribution in [2.75, 3.05) is 5.32 Å². The highest BCUT2D eigenvalue weighted by atomic mass is 127. The standard InChI is InChI=1S/C15H13IN2OS/c1-10-3-2-4-13(9-10)17-15(20)18-14(19)11-5-7-12(16)8-6-11/h2-9H,1H3,(H2,17,18,19,20). The number of hydrogen-bond donors (Lipinski definition) is 2. The summed E-state index contributed by atoms with van der Waals surface area (Å²) in [5.74, 6) is -0.216. The molecule has 0 aromatic heterocycles. The molecule has 5 heteroatoms. The summed E-state index contributed by atoms with van der Waals surface area (Å²) < 4.78 is 1.08. The third kappa shape index (κ3) is 4.28. The Balaban J connectivity index is 1.97. The minimum absolute atomic E-state index is 0.216. The van der Waals surface area contributed by atoms with E-state index in [1.165, 1.54) is 0 Å². The van der Waals surface area contributed by atoms with Crippen LogP contribution in [0, 0.1) is 10.5 Å². The first-order chi connectivity index (χ1) is 9.54. The fourth-order valence-corrected chi connectivity index (χ4v) is 2.23. The molecule has 0 fully saturated rings. The molecule has 0 spiro atoms. The number of halogens is 1. The molecule has 2 rings (SSSR count). The first-order valence-corrected chi connectivity index (χ1v) is 7.48. The fraction of sp³-hybridized carbons (Fsp3) is 0.0667. The van der Waals surface area contributed by atoms with Gasteiger partial charge in [0, 0.05) is 14.8 Å². The molecule has 20 heavy (non-hydrogen) atoms. The molecule has 2 aromatic rings. The predicted octanol–water partition coefficient (Wildman–Crippen LogP) is 3.73. The Morgan fingerprint density at radius 1 is 1.15 bits per heavy atom. The summed E-state index contributed by atoms with van der Waals surface area (Å²) in [5, 5.41) is 5.95. The Morgan fingerprint density at radius 2 is 1.85 bits per heavy atom. The molecular weight excluding hydrogens is 383 g/mol. The van der Waals surface area contributed by atoms with Gasteiger partial charge in [-0.15, -0.1) is 0 Å². The van der Waals surface area contributed by atoms with Crippen LogP contribution in [0.5, 0.6) is 0 Å². The van der Waals surface area contributed by atoms with Crippen LogP contribution >= 0.6 is 34.8 Å². The van der Waals surface area contributed by atoms with E-state index in [0.717, 1.165) is 14.8 Å². The van der Waals surface area contributed by atoms with Gasteiger partial charge in [0.1, 0.15) is 0 Å². The lowest BCUT2D eigenvalue weighted by molar-refractivity contribution is 0.0977. The van der Waals surface area contributed by atoms with Crippen LogP contribution in [-0.4, -0.2) is 11.0 Å². The molecule has 0 aliphatic carbocycles. The number of carbonyl (C=O) groups excluding carboxylic acids is 1. The van der Waals surface area contributed by atoms with Crippen molar-refractivity contribution in [2.45, 2.75) is 6.92 Å². The molecule has 0 radical (unpaired) electrons. The van der Waals surface area contributed by atoms with Gasteiger partial charge in [-0.2, -0.15) is 0 Å². The molecule has 0 unspecified atom stereocenters. The van der Waals surface area contributed by atoms with E-state index >= 15 is 0 Å². The molecule has 0 aliphatic heterocycles. The number of anilines is 1. The SMILES string of the molecule is Cc1cccc(NC(=S)NC(=O)c2ccc(I)cc2)c1. The van der Waals surface area contributed by atoms with Crippen molar-refractivity contribution in [3.05, 3.63) is 63.2 Å². The topological polar surface area (TPSA) is 41.1 Å². The lowest BCUT2D eigenvalue weighted by Crippen LogP contribution is -2.34. The van der Waals surface area contributed by atoms with E-state index in [1.807, 2.05) is 43.3 Å². The number of benzene rings is 2. The third-order valence-electron chi connectivity index (χ3n) is 2.61. The molecule has 3 nitrogen and oxygen atoms in total. The van der Waals surface area contributed by atoms with E-state index in [4.69, 9.17) is 12.2 Å². The van der Waals surface area contributed by atoms with Crippen LogP contribution in [0.2, 0.25) is 0 Å². The second-order valence-corrected chi connectivity index (χ2v) is 5.94. The number of carbonyl (C=O) groups is 1. The second kappa shape index (κ2) is 6.81. The zero-order valence-corrected chi connectivity index (χ0v) is 13.8.